The van der Waals surface area contributed by atoms with Crippen LogP contribution in [0.5, 0.6) is 0 Å². The predicted molar refractivity (Wildman–Crippen MR) is 83.6 cm³/mol. The maximum absolute atomic E-state index is 12.3. The molecule has 1 heterocycles. The number of nitrogens with one attached hydrogen (secondary N) is 1. The Morgan fingerprint density at radius 1 is 1.40 bits per heavy atom. The van der Waals surface area contributed by atoms with E-state index in [2.05, 4.69) is 21.2 Å². The summed E-state index contributed by atoms with van der Waals surface area (Å²) in [7, 11) is 0. The molecule has 0 spiro atoms. The Morgan fingerprint density at radius 2 is 2.05 bits per heavy atom. The van der Waals surface area contributed by atoms with Crippen LogP contribution in [0.1, 0.15) is 37.0 Å². The molecule has 1 aromatic carbocycles. The van der Waals surface area contributed by atoms with Gasteiger partial charge in [-0.2, -0.15) is 0 Å². The van der Waals surface area contributed by atoms with Crippen LogP contribution in [0, 0.1) is 5.92 Å². The number of nitrogens with two attached hydrogens (primary N) is 1. The van der Waals surface area contributed by atoms with Crippen LogP contribution >= 0.6 is 15.9 Å². The molecule has 0 unspecified atom stereocenters. The SMILES string of the molecule is CC(C)(OC(=O)c1ccc(Br)c(N)c1)C1CCNCC1. The minimum Gasteiger partial charge on any atom is -0.456 e. The van der Waals surface area contributed by atoms with Crippen LogP contribution in [0.25, 0.3) is 0 Å². The van der Waals surface area contributed by atoms with Crippen LogP contribution in [0.3, 0.4) is 0 Å². The highest BCUT2D eigenvalue weighted by Gasteiger charge is 2.34. The van der Waals surface area contributed by atoms with Crippen molar-refractivity contribution in [2.75, 3.05) is 18.8 Å². The van der Waals surface area contributed by atoms with Gasteiger partial charge < -0.3 is 15.8 Å². The topological polar surface area (TPSA) is 64.3 Å². The smallest absolute Gasteiger partial charge is 0.338 e. The largest absolute Gasteiger partial charge is 0.456 e. The van der Waals surface area contributed by atoms with Crippen LogP contribution in [-0.4, -0.2) is 24.7 Å². The van der Waals surface area contributed by atoms with E-state index in [1.54, 1.807) is 18.2 Å². The number of piperidine rings is 1. The van der Waals surface area contributed by atoms with E-state index in [4.69, 9.17) is 10.5 Å². The van der Waals surface area contributed by atoms with Crippen molar-refractivity contribution >= 4 is 27.6 Å². The number of nitrogen functional groups attached to an aromatic ring is 1. The lowest BCUT2D eigenvalue weighted by Crippen LogP contribution is -2.42. The second-order valence-corrected chi connectivity index (χ2v) is 6.61. The van der Waals surface area contributed by atoms with Crippen molar-refractivity contribution in [1.29, 1.82) is 0 Å². The number of esters is 1. The molecule has 0 amide bonds. The van der Waals surface area contributed by atoms with Crippen molar-refractivity contribution < 1.29 is 9.53 Å². The summed E-state index contributed by atoms with van der Waals surface area (Å²) in [6, 6.07) is 5.13. The van der Waals surface area contributed by atoms with Crippen LogP contribution in [0.2, 0.25) is 0 Å². The molecular formula is C15H21BrN2O2. The summed E-state index contributed by atoms with van der Waals surface area (Å²) in [4.78, 5) is 12.3. The lowest BCUT2D eigenvalue weighted by atomic mass is 9.83. The Labute approximate surface area is 128 Å². The summed E-state index contributed by atoms with van der Waals surface area (Å²) in [5.74, 6) is 0.0771. The fourth-order valence-electron chi connectivity index (χ4n) is 2.57. The van der Waals surface area contributed by atoms with Crippen molar-refractivity contribution in [3.05, 3.63) is 28.2 Å². The molecule has 20 heavy (non-hydrogen) atoms. The molecule has 0 atom stereocenters. The minimum absolute atomic E-state index is 0.312. The first kappa shape index (κ1) is 15.3. The molecule has 0 aromatic heterocycles. The quantitative estimate of drug-likeness (QED) is 0.655. The highest BCUT2D eigenvalue weighted by atomic mass is 79.9. The van der Waals surface area contributed by atoms with E-state index >= 15 is 0 Å². The van der Waals surface area contributed by atoms with Gasteiger partial charge in [-0.05, 0) is 73.9 Å². The average Bonchev–Trinajstić information content (AvgIpc) is 2.42. The standard InChI is InChI=1S/C15H21BrN2O2/c1-15(2,11-5-7-18-8-6-11)20-14(19)10-3-4-12(16)13(17)9-10/h3-4,9,11,18H,5-8,17H2,1-2H3. The molecule has 3 N–H and O–H groups in total. The van der Waals surface area contributed by atoms with Gasteiger partial charge >= 0.3 is 5.97 Å². The van der Waals surface area contributed by atoms with Crippen molar-refractivity contribution in [3.8, 4) is 0 Å². The number of benzene rings is 1. The highest BCUT2D eigenvalue weighted by molar-refractivity contribution is 9.10. The number of hydrogen-bond donors (Lipinski definition) is 2. The third kappa shape index (κ3) is 3.52. The number of rotatable bonds is 3. The molecule has 5 heteroatoms. The van der Waals surface area contributed by atoms with Crippen LogP contribution in [0.4, 0.5) is 5.69 Å². The third-order valence-corrected chi connectivity index (χ3v) is 4.63. The molecule has 0 aliphatic carbocycles. The summed E-state index contributed by atoms with van der Waals surface area (Å²) in [6.45, 7) is 5.94. The van der Waals surface area contributed by atoms with E-state index in [9.17, 15) is 4.79 Å². The zero-order valence-electron chi connectivity index (χ0n) is 11.9. The Bertz CT molecular complexity index is 497. The van der Waals surface area contributed by atoms with E-state index in [0.29, 0.717) is 17.2 Å². The van der Waals surface area contributed by atoms with E-state index in [0.717, 1.165) is 30.4 Å². The molecule has 1 aliphatic rings. The first-order chi connectivity index (χ1) is 9.40. The van der Waals surface area contributed by atoms with Gasteiger partial charge in [-0.3, -0.25) is 0 Å². The average molecular weight is 341 g/mol. The number of carbonyl (C=O) groups is 1. The van der Waals surface area contributed by atoms with Crippen molar-refractivity contribution in [2.45, 2.75) is 32.3 Å². The summed E-state index contributed by atoms with van der Waals surface area (Å²) >= 11 is 3.32. The molecule has 2 rings (SSSR count). The number of halogens is 1. The molecule has 1 aromatic rings. The third-order valence-electron chi connectivity index (χ3n) is 3.91. The summed E-state index contributed by atoms with van der Waals surface area (Å²) in [5.41, 5.74) is 6.38. The van der Waals surface area contributed by atoms with Gasteiger partial charge in [0.05, 0.1) is 5.56 Å². The monoisotopic (exact) mass is 340 g/mol. The molecule has 1 fully saturated rings. The van der Waals surface area contributed by atoms with E-state index in [1.165, 1.54) is 0 Å². The van der Waals surface area contributed by atoms with Gasteiger partial charge in [-0.15, -0.1) is 0 Å². The molecule has 110 valence electrons. The zero-order chi connectivity index (χ0) is 14.8. The van der Waals surface area contributed by atoms with Crippen LogP contribution in [0.15, 0.2) is 22.7 Å². The van der Waals surface area contributed by atoms with Crippen molar-refractivity contribution in [3.63, 3.8) is 0 Å². The van der Waals surface area contributed by atoms with Crippen LogP contribution < -0.4 is 11.1 Å². The van der Waals surface area contributed by atoms with Crippen LogP contribution in [-0.2, 0) is 4.74 Å². The van der Waals surface area contributed by atoms with Gasteiger partial charge in [0, 0.05) is 16.1 Å². The minimum atomic E-state index is -0.457. The number of ether oxygens (including phenoxy) is 1. The lowest BCUT2D eigenvalue weighted by molar-refractivity contribution is -0.0368. The second-order valence-electron chi connectivity index (χ2n) is 5.75. The second kappa shape index (κ2) is 6.14. The van der Waals surface area contributed by atoms with E-state index in [-0.39, 0.29) is 5.97 Å². The maximum Gasteiger partial charge on any atom is 0.338 e. The van der Waals surface area contributed by atoms with Gasteiger partial charge in [-0.25, -0.2) is 4.79 Å². The summed E-state index contributed by atoms with van der Waals surface area (Å²) in [5, 5.41) is 3.32. The van der Waals surface area contributed by atoms with Gasteiger partial charge in [0.25, 0.3) is 0 Å². The Hall–Kier alpha value is -1.07. The fraction of sp³-hybridized carbons (Fsp3) is 0.533. The van der Waals surface area contributed by atoms with Gasteiger partial charge in [-0.1, -0.05) is 0 Å². The molecule has 1 aliphatic heterocycles. The fourth-order valence-corrected chi connectivity index (χ4v) is 2.82. The first-order valence-corrected chi connectivity index (χ1v) is 7.68. The maximum atomic E-state index is 12.3. The van der Waals surface area contributed by atoms with Crippen molar-refractivity contribution in [1.82, 2.24) is 5.32 Å². The number of hydrogen-bond acceptors (Lipinski definition) is 4. The summed E-state index contributed by atoms with van der Waals surface area (Å²) in [6.07, 6.45) is 2.06. The van der Waals surface area contributed by atoms with Gasteiger partial charge in [0.2, 0.25) is 0 Å². The molecule has 4 nitrogen and oxygen atoms in total. The summed E-state index contributed by atoms with van der Waals surface area (Å²) < 4.78 is 6.50. The highest BCUT2D eigenvalue weighted by Crippen LogP contribution is 2.30. The molecule has 1 saturated heterocycles. The lowest BCUT2D eigenvalue weighted by Gasteiger charge is -2.36. The normalized spacial score (nSPS) is 16.9. The number of anilines is 1. The Kier molecular flexibility index (Phi) is 4.70. The number of carbonyl (C=O) groups excluding carboxylic acids is 1. The van der Waals surface area contributed by atoms with Crippen molar-refractivity contribution in [2.24, 2.45) is 5.92 Å². The predicted octanol–water partition coefficient (Wildman–Crippen LogP) is 2.97. The van der Waals surface area contributed by atoms with E-state index < -0.39 is 5.60 Å². The Balaban J connectivity index is 2.07. The molecular weight excluding hydrogens is 320 g/mol. The molecule has 0 bridgehead atoms. The Morgan fingerprint density at radius 3 is 2.65 bits per heavy atom. The van der Waals surface area contributed by atoms with Gasteiger partial charge in [0.1, 0.15) is 5.60 Å². The molecule has 0 saturated carbocycles. The van der Waals surface area contributed by atoms with E-state index in [1.807, 2.05) is 13.8 Å². The first-order valence-electron chi connectivity index (χ1n) is 6.89. The van der Waals surface area contributed by atoms with Gasteiger partial charge in [0.15, 0.2) is 0 Å². The molecule has 0 radical (unpaired) electrons. The zero-order valence-corrected chi connectivity index (χ0v) is 13.5.